The van der Waals surface area contributed by atoms with E-state index in [2.05, 4.69) is 10.3 Å². The molecule has 0 saturated heterocycles. The molecule has 1 heterocycles. The maximum Gasteiger partial charge on any atom is 0.337 e. The molecule has 1 aromatic carbocycles. The van der Waals surface area contributed by atoms with Crippen molar-refractivity contribution >= 4 is 34.9 Å². The highest BCUT2D eigenvalue weighted by atomic mass is 35.5. The number of aromatic amines is 1. The Balaban J connectivity index is 2.35. The zero-order valence-electron chi connectivity index (χ0n) is 14.2. The zero-order valence-corrected chi connectivity index (χ0v) is 15.0. The number of carboxylic acids is 1. The number of halogens is 1. The number of nitrogens with one attached hydrogen (secondary N) is 2. The molecule has 6 nitrogen and oxygen atoms in total. The number of benzene rings is 1. The Hall–Kier alpha value is -2.60. The van der Waals surface area contributed by atoms with Crippen LogP contribution in [0.3, 0.4) is 0 Å². The van der Waals surface area contributed by atoms with Gasteiger partial charge in [-0.3, -0.25) is 9.59 Å². The summed E-state index contributed by atoms with van der Waals surface area (Å²) in [6.45, 7) is 5.20. The van der Waals surface area contributed by atoms with Crippen molar-refractivity contribution in [1.29, 1.82) is 0 Å². The van der Waals surface area contributed by atoms with Crippen LogP contribution in [0.4, 0.5) is 5.69 Å². The van der Waals surface area contributed by atoms with Gasteiger partial charge in [0, 0.05) is 16.9 Å². The van der Waals surface area contributed by atoms with Gasteiger partial charge in [0.15, 0.2) is 5.78 Å². The van der Waals surface area contributed by atoms with Gasteiger partial charge in [0.2, 0.25) is 0 Å². The van der Waals surface area contributed by atoms with Crippen molar-refractivity contribution in [3.8, 4) is 0 Å². The van der Waals surface area contributed by atoms with Crippen LogP contribution < -0.4 is 5.32 Å². The molecule has 0 atom stereocenters. The number of carboxylic acid groups (broad SMARTS) is 1. The van der Waals surface area contributed by atoms with Crippen molar-refractivity contribution in [1.82, 2.24) is 4.98 Å². The van der Waals surface area contributed by atoms with E-state index in [0.717, 1.165) is 6.42 Å². The number of anilines is 1. The Labute approximate surface area is 150 Å². The van der Waals surface area contributed by atoms with E-state index < -0.39 is 11.9 Å². The first-order valence-corrected chi connectivity index (χ1v) is 8.20. The molecule has 7 heteroatoms. The minimum absolute atomic E-state index is 0.0335. The monoisotopic (exact) mass is 362 g/mol. The first kappa shape index (κ1) is 18.7. The normalized spacial score (nSPS) is 10.6. The summed E-state index contributed by atoms with van der Waals surface area (Å²) < 4.78 is 0. The molecule has 0 fully saturated rings. The van der Waals surface area contributed by atoms with Crippen LogP contribution in [-0.4, -0.2) is 27.8 Å². The average Bonchev–Trinajstić information content (AvgIpc) is 2.84. The molecule has 1 aromatic heterocycles. The number of rotatable bonds is 6. The molecule has 0 bridgehead atoms. The van der Waals surface area contributed by atoms with Crippen LogP contribution in [0.15, 0.2) is 18.2 Å². The van der Waals surface area contributed by atoms with Crippen molar-refractivity contribution in [3.63, 3.8) is 0 Å². The summed E-state index contributed by atoms with van der Waals surface area (Å²) in [5.74, 6) is -1.64. The number of aromatic nitrogens is 1. The zero-order chi connectivity index (χ0) is 18.7. The van der Waals surface area contributed by atoms with Gasteiger partial charge in [-0.1, -0.05) is 24.9 Å². The fourth-order valence-corrected chi connectivity index (χ4v) is 3.07. The van der Waals surface area contributed by atoms with Crippen molar-refractivity contribution in [2.24, 2.45) is 0 Å². The lowest BCUT2D eigenvalue weighted by molar-refractivity contribution is 0.0696. The highest BCUT2D eigenvalue weighted by molar-refractivity contribution is 6.33. The predicted octanol–water partition coefficient (Wildman–Crippen LogP) is 4.08. The van der Waals surface area contributed by atoms with Gasteiger partial charge in [-0.25, -0.2) is 4.79 Å². The maximum atomic E-state index is 12.6. The van der Waals surface area contributed by atoms with E-state index in [1.807, 2.05) is 6.92 Å². The summed E-state index contributed by atoms with van der Waals surface area (Å²) in [4.78, 5) is 38.5. The largest absolute Gasteiger partial charge is 0.478 e. The summed E-state index contributed by atoms with van der Waals surface area (Å²) in [6, 6.07) is 4.17. The molecule has 0 aliphatic rings. The molecule has 132 valence electrons. The summed E-state index contributed by atoms with van der Waals surface area (Å²) >= 11 is 5.92. The van der Waals surface area contributed by atoms with Crippen LogP contribution in [0, 0.1) is 6.92 Å². The van der Waals surface area contributed by atoms with Crippen LogP contribution in [0.25, 0.3) is 0 Å². The lowest BCUT2D eigenvalue weighted by Gasteiger charge is -2.08. The van der Waals surface area contributed by atoms with Crippen LogP contribution >= 0.6 is 11.6 Å². The topological polar surface area (TPSA) is 99.3 Å². The number of carbonyl (C=O) groups excluding carboxylic acids is 2. The number of ketones is 1. The molecule has 0 aliphatic heterocycles. The first-order valence-electron chi connectivity index (χ1n) is 7.82. The third-order valence-electron chi connectivity index (χ3n) is 3.83. The maximum absolute atomic E-state index is 12.6. The number of carbonyl (C=O) groups is 3. The molecule has 25 heavy (non-hydrogen) atoms. The van der Waals surface area contributed by atoms with E-state index in [1.54, 1.807) is 6.92 Å². The van der Waals surface area contributed by atoms with Crippen molar-refractivity contribution in [2.45, 2.75) is 33.6 Å². The number of hydrogen-bond acceptors (Lipinski definition) is 3. The molecule has 0 aliphatic carbocycles. The Morgan fingerprint density at radius 2 is 1.96 bits per heavy atom. The second-order valence-electron chi connectivity index (χ2n) is 5.74. The summed E-state index contributed by atoms with van der Waals surface area (Å²) in [6.07, 6.45) is 1.39. The quantitative estimate of drug-likeness (QED) is 0.674. The van der Waals surface area contributed by atoms with Gasteiger partial charge in [0.25, 0.3) is 5.91 Å². The molecule has 0 unspecified atom stereocenters. The molecule has 0 spiro atoms. The van der Waals surface area contributed by atoms with Gasteiger partial charge in [-0.05, 0) is 44.0 Å². The number of aromatic carboxylic acids is 1. The number of Topliss-reactive ketones (excluding diaryl/α,β-unsaturated/α-hetero) is 1. The SMILES string of the molecule is CCCc1c(C(=O)Nc2ccc(C(=O)O)c(Cl)c2)[nH]c(C)c1C(C)=O. The number of hydrogen-bond donors (Lipinski definition) is 3. The molecular formula is C18H19ClN2O4. The van der Waals surface area contributed by atoms with Crippen LogP contribution in [0.1, 0.15) is 62.7 Å². The van der Waals surface area contributed by atoms with E-state index in [4.69, 9.17) is 16.7 Å². The van der Waals surface area contributed by atoms with Crippen molar-refractivity contribution < 1.29 is 19.5 Å². The van der Waals surface area contributed by atoms with Gasteiger partial charge in [-0.2, -0.15) is 0 Å². The third kappa shape index (κ3) is 3.91. The first-order chi connectivity index (χ1) is 11.8. The summed E-state index contributed by atoms with van der Waals surface area (Å²) in [5.41, 5.74) is 2.56. The number of amides is 1. The Morgan fingerprint density at radius 1 is 1.28 bits per heavy atom. The minimum Gasteiger partial charge on any atom is -0.478 e. The molecule has 1 amide bonds. The predicted molar refractivity (Wildman–Crippen MR) is 95.9 cm³/mol. The highest BCUT2D eigenvalue weighted by Crippen LogP contribution is 2.24. The van der Waals surface area contributed by atoms with Crippen molar-refractivity contribution in [2.75, 3.05) is 5.32 Å². The molecule has 3 N–H and O–H groups in total. The molecule has 0 radical (unpaired) electrons. The molecule has 2 rings (SSSR count). The van der Waals surface area contributed by atoms with E-state index in [-0.39, 0.29) is 16.4 Å². The fourth-order valence-electron chi connectivity index (χ4n) is 2.81. The van der Waals surface area contributed by atoms with Gasteiger partial charge >= 0.3 is 5.97 Å². The third-order valence-corrected chi connectivity index (χ3v) is 4.14. The Kier molecular flexibility index (Phi) is 5.64. The van der Waals surface area contributed by atoms with Crippen LogP contribution in [0.5, 0.6) is 0 Å². The van der Waals surface area contributed by atoms with Crippen LogP contribution in [0.2, 0.25) is 5.02 Å². The second kappa shape index (κ2) is 7.53. The van der Waals surface area contributed by atoms with E-state index in [0.29, 0.717) is 34.6 Å². The molecule has 2 aromatic rings. The molecule has 0 saturated carbocycles. The van der Waals surface area contributed by atoms with E-state index in [1.165, 1.54) is 25.1 Å². The Bertz CT molecular complexity index is 855. The van der Waals surface area contributed by atoms with E-state index >= 15 is 0 Å². The van der Waals surface area contributed by atoms with Gasteiger partial charge in [0.1, 0.15) is 5.69 Å². The lowest BCUT2D eigenvalue weighted by Crippen LogP contribution is -2.15. The second-order valence-corrected chi connectivity index (χ2v) is 6.15. The highest BCUT2D eigenvalue weighted by Gasteiger charge is 2.22. The van der Waals surface area contributed by atoms with E-state index in [9.17, 15) is 14.4 Å². The fraction of sp³-hybridized carbons (Fsp3) is 0.278. The molecular weight excluding hydrogens is 344 g/mol. The number of H-pyrrole nitrogens is 1. The lowest BCUT2D eigenvalue weighted by atomic mass is 10.0. The Morgan fingerprint density at radius 3 is 2.48 bits per heavy atom. The summed E-state index contributed by atoms with van der Waals surface area (Å²) in [5, 5.41) is 11.7. The smallest absolute Gasteiger partial charge is 0.337 e. The van der Waals surface area contributed by atoms with Crippen molar-refractivity contribution in [3.05, 3.63) is 51.3 Å². The number of aryl methyl sites for hydroxylation is 1. The standard InChI is InChI=1S/C18H19ClN2O4/c1-4-5-13-15(10(3)22)9(2)20-16(13)17(23)21-11-6-7-12(18(24)25)14(19)8-11/h6-8,20H,4-5H2,1-3H3,(H,21,23)(H,24,25). The van der Waals surface area contributed by atoms with Gasteiger partial charge < -0.3 is 15.4 Å². The van der Waals surface area contributed by atoms with Gasteiger partial charge in [-0.15, -0.1) is 0 Å². The van der Waals surface area contributed by atoms with Crippen LogP contribution in [-0.2, 0) is 6.42 Å². The minimum atomic E-state index is -1.14. The van der Waals surface area contributed by atoms with Gasteiger partial charge in [0.05, 0.1) is 10.6 Å². The average molecular weight is 363 g/mol. The summed E-state index contributed by atoms with van der Waals surface area (Å²) in [7, 11) is 0.